The highest BCUT2D eigenvalue weighted by Crippen LogP contribution is 2.32. The van der Waals surface area contributed by atoms with Gasteiger partial charge in [-0.2, -0.15) is 0 Å². The number of hydrogen-bond donors (Lipinski definition) is 2. The summed E-state index contributed by atoms with van der Waals surface area (Å²) in [6, 6.07) is 16.8. The van der Waals surface area contributed by atoms with Crippen molar-refractivity contribution in [2.45, 2.75) is 19.4 Å². The molecule has 5 nitrogen and oxygen atoms in total. The molecule has 0 spiro atoms. The second-order valence-electron chi connectivity index (χ2n) is 7.66. The van der Waals surface area contributed by atoms with Crippen molar-refractivity contribution in [1.82, 2.24) is 20.3 Å². The number of ether oxygens (including phenoxy) is 1. The quantitative estimate of drug-likeness (QED) is 0.466. The number of nitrogens with one attached hydrogen (secondary N) is 2. The van der Waals surface area contributed by atoms with E-state index in [0.29, 0.717) is 22.7 Å². The van der Waals surface area contributed by atoms with E-state index in [9.17, 15) is 0 Å². The molecule has 0 saturated heterocycles. The zero-order valence-corrected chi connectivity index (χ0v) is 17.2. The summed E-state index contributed by atoms with van der Waals surface area (Å²) < 4.78 is 21.0. The molecule has 1 aliphatic heterocycles. The summed E-state index contributed by atoms with van der Waals surface area (Å²) in [6.07, 6.45) is 4.44. The molecule has 5 rings (SSSR count). The molecule has 0 amide bonds. The Labute approximate surface area is 180 Å². The van der Waals surface area contributed by atoms with E-state index in [1.54, 1.807) is 18.5 Å². The van der Waals surface area contributed by atoms with Crippen LogP contribution in [0, 0.1) is 5.82 Å². The number of rotatable bonds is 5. The van der Waals surface area contributed by atoms with Crippen LogP contribution in [0.3, 0.4) is 0 Å². The minimum Gasteiger partial charge on any atom is -0.486 e. The lowest BCUT2D eigenvalue weighted by Crippen LogP contribution is -2.20. The first-order valence-electron chi connectivity index (χ1n) is 10.4. The second-order valence-corrected chi connectivity index (χ2v) is 7.66. The fourth-order valence-corrected chi connectivity index (χ4v) is 3.96. The summed E-state index contributed by atoms with van der Waals surface area (Å²) in [4.78, 5) is 12.1. The molecule has 4 aromatic rings. The Balaban J connectivity index is 1.44. The molecular formula is C25H23FN4O. The average Bonchev–Trinajstić information content (AvgIpc) is 3.24. The van der Waals surface area contributed by atoms with Gasteiger partial charge in [0, 0.05) is 23.6 Å². The van der Waals surface area contributed by atoms with E-state index < -0.39 is 0 Å². The molecule has 156 valence electrons. The fourth-order valence-electron chi connectivity index (χ4n) is 3.96. The summed E-state index contributed by atoms with van der Waals surface area (Å²) in [5.74, 6) is 0.147. The maximum Gasteiger partial charge on any atom is 0.141 e. The van der Waals surface area contributed by atoms with Crippen LogP contribution in [0.15, 0.2) is 67.0 Å². The van der Waals surface area contributed by atoms with Crippen molar-refractivity contribution in [2.24, 2.45) is 0 Å². The number of benzene rings is 2. The van der Waals surface area contributed by atoms with Crippen LogP contribution in [-0.2, 0) is 0 Å². The van der Waals surface area contributed by atoms with Crippen molar-refractivity contribution in [1.29, 1.82) is 0 Å². The maximum absolute atomic E-state index is 15.0. The van der Waals surface area contributed by atoms with Crippen LogP contribution >= 0.6 is 0 Å². The molecule has 2 aromatic carbocycles. The topological polar surface area (TPSA) is 62.8 Å². The van der Waals surface area contributed by atoms with Gasteiger partial charge in [-0.25, -0.2) is 14.4 Å². The van der Waals surface area contributed by atoms with E-state index in [4.69, 9.17) is 4.74 Å². The minimum absolute atomic E-state index is 0.171. The average molecular weight is 414 g/mol. The molecule has 1 aliphatic rings. The zero-order valence-electron chi connectivity index (χ0n) is 17.2. The summed E-state index contributed by atoms with van der Waals surface area (Å²) in [7, 11) is 0. The summed E-state index contributed by atoms with van der Waals surface area (Å²) >= 11 is 0. The summed E-state index contributed by atoms with van der Waals surface area (Å²) in [5, 5.41) is 4.22. The number of nitrogens with zero attached hydrogens (tertiary/aromatic N) is 2. The van der Waals surface area contributed by atoms with Gasteiger partial charge in [0.05, 0.1) is 11.4 Å². The van der Waals surface area contributed by atoms with Gasteiger partial charge in [-0.1, -0.05) is 36.4 Å². The number of hydrogen-bond acceptors (Lipinski definition) is 4. The number of fused-ring (bicyclic) bond motifs is 1. The highest BCUT2D eigenvalue weighted by molar-refractivity contribution is 5.92. The van der Waals surface area contributed by atoms with Crippen LogP contribution in [0.4, 0.5) is 4.39 Å². The number of H-pyrrole nitrogens is 1. The van der Waals surface area contributed by atoms with Gasteiger partial charge in [0.25, 0.3) is 0 Å². The molecule has 6 heteroatoms. The molecular weight excluding hydrogens is 391 g/mol. The largest absolute Gasteiger partial charge is 0.486 e. The van der Waals surface area contributed by atoms with E-state index in [0.717, 1.165) is 36.2 Å². The Kier molecular flexibility index (Phi) is 5.22. The lowest BCUT2D eigenvalue weighted by atomic mass is 10.0. The van der Waals surface area contributed by atoms with Gasteiger partial charge in [0.1, 0.15) is 29.6 Å². The lowest BCUT2D eigenvalue weighted by Gasteiger charge is -2.15. The predicted molar refractivity (Wildman–Crippen MR) is 120 cm³/mol. The first-order chi connectivity index (χ1) is 15.2. The molecule has 0 radical (unpaired) electrons. The monoisotopic (exact) mass is 414 g/mol. The molecule has 2 N–H and O–H groups in total. The summed E-state index contributed by atoms with van der Waals surface area (Å²) in [6.45, 7) is 3.70. The molecule has 31 heavy (non-hydrogen) atoms. The molecule has 0 saturated carbocycles. The number of aromatic nitrogens is 3. The zero-order chi connectivity index (χ0) is 21.2. The Morgan fingerprint density at radius 1 is 1.06 bits per heavy atom. The third kappa shape index (κ3) is 3.94. The fraction of sp³-hybridized carbons (Fsp3) is 0.200. The van der Waals surface area contributed by atoms with Crippen LogP contribution in [0.25, 0.3) is 27.9 Å². The van der Waals surface area contributed by atoms with Crippen molar-refractivity contribution >= 4 is 16.6 Å². The Hall–Kier alpha value is -3.51. The Morgan fingerprint density at radius 3 is 2.71 bits per heavy atom. The van der Waals surface area contributed by atoms with Gasteiger partial charge in [-0.15, -0.1) is 0 Å². The minimum atomic E-state index is -0.347. The smallest absolute Gasteiger partial charge is 0.141 e. The van der Waals surface area contributed by atoms with E-state index in [2.05, 4.69) is 26.3 Å². The first-order valence-corrected chi connectivity index (χ1v) is 10.4. The molecule has 0 fully saturated rings. The molecule has 0 unspecified atom stereocenters. The van der Waals surface area contributed by atoms with Crippen LogP contribution in [-0.4, -0.2) is 28.0 Å². The molecule has 0 aliphatic carbocycles. The Morgan fingerprint density at radius 2 is 1.94 bits per heavy atom. The van der Waals surface area contributed by atoms with Gasteiger partial charge >= 0.3 is 0 Å². The first kappa shape index (κ1) is 19.5. The van der Waals surface area contributed by atoms with Crippen LogP contribution in [0.2, 0.25) is 0 Å². The van der Waals surface area contributed by atoms with Crippen molar-refractivity contribution in [3.8, 4) is 17.0 Å². The highest BCUT2D eigenvalue weighted by atomic mass is 19.1. The summed E-state index contributed by atoms with van der Waals surface area (Å²) in [5.41, 5.74) is 4.99. The Bertz CT molecular complexity index is 1250. The third-order valence-corrected chi connectivity index (χ3v) is 5.61. The van der Waals surface area contributed by atoms with E-state index in [-0.39, 0.29) is 11.9 Å². The number of halogens is 1. The van der Waals surface area contributed by atoms with E-state index >= 15 is 4.39 Å². The highest BCUT2D eigenvalue weighted by Gasteiger charge is 2.16. The lowest BCUT2D eigenvalue weighted by molar-refractivity contribution is 0.226. The number of aromatic amines is 1. The standard InChI is InChI=1S/C25H23FN4O/c1-16(17-5-3-2-4-6-17)31-19-7-8-20(22(26)13-19)23-14-21-24(18-9-11-27-12-10-18)28-15-29-25(21)30-23/h2-9,13-16,27H,10-12H2,1H3,(H,28,29,30)/t16-/m1/s1. The normalized spacial score (nSPS) is 15.0. The van der Waals surface area contributed by atoms with Gasteiger partial charge in [-0.05, 0) is 49.2 Å². The molecule has 3 heterocycles. The van der Waals surface area contributed by atoms with Gasteiger partial charge in [0.15, 0.2) is 0 Å². The molecule has 0 bridgehead atoms. The van der Waals surface area contributed by atoms with Gasteiger partial charge < -0.3 is 15.0 Å². The molecule has 2 aromatic heterocycles. The van der Waals surface area contributed by atoms with Crippen molar-refractivity contribution < 1.29 is 9.13 Å². The second kappa shape index (κ2) is 8.32. The third-order valence-electron chi connectivity index (χ3n) is 5.61. The van der Waals surface area contributed by atoms with Crippen molar-refractivity contribution in [2.75, 3.05) is 13.1 Å². The van der Waals surface area contributed by atoms with E-state index in [1.165, 1.54) is 11.6 Å². The maximum atomic E-state index is 15.0. The van der Waals surface area contributed by atoms with Gasteiger partial charge in [0.2, 0.25) is 0 Å². The molecule has 1 atom stereocenters. The SMILES string of the molecule is C[C@@H](Oc1ccc(-c2cc3c(C4=CCNCC4)ncnc3[nH]2)c(F)c1)c1ccccc1. The predicted octanol–water partition coefficient (Wildman–Crippen LogP) is 5.28. The van der Waals surface area contributed by atoms with Gasteiger partial charge in [-0.3, -0.25) is 0 Å². The van der Waals surface area contributed by atoms with E-state index in [1.807, 2.05) is 43.3 Å². The van der Waals surface area contributed by atoms with Crippen molar-refractivity contribution in [3.63, 3.8) is 0 Å². The van der Waals surface area contributed by atoms with Crippen LogP contribution in [0.1, 0.15) is 30.7 Å². The van der Waals surface area contributed by atoms with Crippen molar-refractivity contribution in [3.05, 3.63) is 84.1 Å². The van der Waals surface area contributed by atoms with Crippen LogP contribution in [0.5, 0.6) is 5.75 Å². The van der Waals surface area contributed by atoms with Crippen LogP contribution < -0.4 is 10.1 Å².